The SMILES string of the molecule is Cl.O=C(C1CCNCC1)N1CCN(Cc2cn3cc(Cl)ccc3n2)CC1. The third kappa shape index (κ3) is 4.31. The molecule has 26 heavy (non-hydrogen) atoms. The lowest BCUT2D eigenvalue weighted by molar-refractivity contribution is -0.138. The molecule has 2 aromatic heterocycles. The number of nitrogens with one attached hydrogen (secondary N) is 1. The van der Waals surface area contributed by atoms with Crippen molar-refractivity contribution in [3.63, 3.8) is 0 Å². The van der Waals surface area contributed by atoms with Gasteiger partial charge in [-0.25, -0.2) is 4.98 Å². The zero-order valence-corrected chi connectivity index (χ0v) is 16.3. The van der Waals surface area contributed by atoms with Crippen molar-refractivity contribution in [3.8, 4) is 0 Å². The number of hydrogen-bond acceptors (Lipinski definition) is 4. The molecule has 0 aliphatic carbocycles. The quantitative estimate of drug-likeness (QED) is 0.860. The third-order valence-corrected chi connectivity index (χ3v) is 5.45. The fraction of sp³-hybridized carbons (Fsp3) is 0.556. The van der Waals surface area contributed by atoms with E-state index in [2.05, 4.69) is 20.1 Å². The highest BCUT2D eigenvalue weighted by molar-refractivity contribution is 6.30. The minimum absolute atomic E-state index is 0. The fourth-order valence-corrected chi connectivity index (χ4v) is 3.94. The number of nitrogens with zero attached hydrogens (tertiary/aromatic N) is 4. The first-order valence-electron chi connectivity index (χ1n) is 9.04. The summed E-state index contributed by atoms with van der Waals surface area (Å²) >= 11 is 6.03. The van der Waals surface area contributed by atoms with Crippen LogP contribution in [0.4, 0.5) is 0 Å². The highest BCUT2D eigenvalue weighted by Crippen LogP contribution is 2.18. The number of pyridine rings is 1. The summed E-state index contributed by atoms with van der Waals surface area (Å²) in [5, 5.41) is 4.03. The van der Waals surface area contributed by atoms with Crippen molar-refractivity contribution >= 4 is 35.6 Å². The molecule has 4 heterocycles. The molecule has 4 rings (SSSR count). The van der Waals surface area contributed by atoms with E-state index in [1.165, 1.54) is 0 Å². The predicted octanol–water partition coefficient (Wildman–Crippen LogP) is 2.05. The van der Waals surface area contributed by atoms with Crippen LogP contribution >= 0.6 is 24.0 Å². The van der Waals surface area contributed by atoms with E-state index in [1.807, 2.05) is 28.9 Å². The molecule has 0 saturated carbocycles. The number of halogens is 2. The van der Waals surface area contributed by atoms with Crippen LogP contribution in [0.5, 0.6) is 0 Å². The number of carbonyl (C=O) groups is 1. The summed E-state index contributed by atoms with van der Waals surface area (Å²) in [7, 11) is 0. The molecule has 142 valence electrons. The first kappa shape index (κ1) is 19.4. The van der Waals surface area contributed by atoms with E-state index in [1.54, 1.807) is 0 Å². The van der Waals surface area contributed by atoms with Gasteiger partial charge in [-0.15, -0.1) is 12.4 Å². The molecule has 2 aliphatic heterocycles. The van der Waals surface area contributed by atoms with Crippen molar-refractivity contribution in [1.82, 2.24) is 24.5 Å². The average Bonchev–Trinajstić information content (AvgIpc) is 3.04. The van der Waals surface area contributed by atoms with Gasteiger partial charge in [-0.1, -0.05) is 11.6 Å². The maximum Gasteiger partial charge on any atom is 0.225 e. The van der Waals surface area contributed by atoms with Crippen LogP contribution in [-0.2, 0) is 11.3 Å². The smallest absolute Gasteiger partial charge is 0.225 e. The van der Waals surface area contributed by atoms with Crippen LogP contribution in [0.3, 0.4) is 0 Å². The van der Waals surface area contributed by atoms with Gasteiger partial charge < -0.3 is 14.6 Å². The number of rotatable bonds is 3. The Hall–Kier alpha value is -1.34. The Bertz CT molecular complexity index is 751. The summed E-state index contributed by atoms with van der Waals surface area (Å²) < 4.78 is 1.97. The van der Waals surface area contributed by atoms with E-state index >= 15 is 0 Å². The van der Waals surface area contributed by atoms with Gasteiger partial charge in [-0.2, -0.15) is 0 Å². The number of amides is 1. The summed E-state index contributed by atoms with van der Waals surface area (Å²) in [5.41, 5.74) is 1.96. The van der Waals surface area contributed by atoms with Crippen molar-refractivity contribution in [2.45, 2.75) is 19.4 Å². The maximum atomic E-state index is 12.6. The van der Waals surface area contributed by atoms with E-state index in [0.717, 1.165) is 70.0 Å². The van der Waals surface area contributed by atoms with Gasteiger partial charge in [-0.05, 0) is 38.1 Å². The minimum atomic E-state index is 0. The van der Waals surface area contributed by atoms with Crippen LogP contribution in [-0.4, -0.2) is 64.4 Å². The van der Waals surface area contributed by atoms with Gasteiger partial charge in [0, 0.05) is 51.0 Å². The number of hydrogen-bond donors (Lipinski definition) is 1. The van der Waals surface area contributed by atoms with Crippen LogP contribution in [0.25, 0.3) is 5.65 Å². The second-order valence-corrected chi connectivity index (χ2v) is 7.41. The minimum Gasteiger partial charge on any atom is -0.340 e. The maximum absolute atomic E-state index is 12.6. The number of aromatic nitrogens is 2. The Morgan fingerprint density at radius 1 is 1.15 bits per heavy atom. The van der Waals surface area contributed by atoms with Crippen molar-refractivity contribution in [3.05, 3.63) is 35.2 Å². The molecule has 8 heteroatoms. The lowest BCUT2D eigenvalue weighted by Crippen LogP contribution is -2.51. The van der Waals surface area contributed by atoms with E-state index < -0.39 is 0 Å². The lowest BCUT2D eigenvalue weighted by atomic mass is 9.96. The molecule has 0 unspecified atom stereocenters. The van der Waals surface area contributed by atoms with Crippen molar-refractivity contribution < 1.29 is 4.79 Å². The zero-order chi connectivity index (χ0) is 17.2. The average molecular weight is 398 g/mol. The molecule has 0 atom stereocenters. The Morgan fingerprint density at radius 2 is 1.88 bits per heavy atom. The fourth-order valence-electron chi connectivity index (χ4n) is 3.78. The molecule has 0 spiro atoms. The summed E-state index contributed by atoms with van der Waals surface area (Å²) in [6.45, 7) is 6.21. The van der Waals surface area contributed by atoms with E-state index in [9.17, 15) is 4.79 Å². The van der Waals surface area contributed by atoms with Crippen LogP contribution in [0.1, 0.15) is 18.5 Å². The number of piperidine rings is 1. The first-order chi connectivity index (χ1) is 12.2. The Balaban J connectivity index is 0.00000196. The second-order valence-electron chi connectivity index (χ2n) is 6.97. The number of piperazine rings is 1. The standard InChI is InChI=1S/C18H24ClN5O.ClH/c19-15-1-2-17-21-16(13-24(17)11-15)12-22-7-9-23(10-8-22)18(25)14-3-5-20-6-4-14;/h1-2,11,13-14,20H,3-10,12H2;1H. The molecular weight excluding hydrogens is 373 g/mol. The topological polar surface area (TPSA) is 52.9 Å². The first-order valence-corrected chi connectivity index (χ1v) is 9.42. The van der Waals surface area contributed by atoms with E-state index in [0.29, 0.717) is 10.9 Å². The van der Waals surface area contributed by atoms with Gasteiger partial charge in [0.25, 0.3) is 0 Å². The summed E-state index contributed by atoms with van der Waals surface area (Å²) in [6.07, 6.45) is 5.86. The van der Waals surface area contributed by atoms with Crippen LogP contribution in [0.15, 0.2) is 24.5 Å². The van der Waals surface area contributed by atoms with E-state index in [4.69, 9.17) is 11.6 Å². The highest BCUT2D eigenvalue weighted by Gasteiger charge is 2.28. The Labute approximate surface area is 164 Å². The van der Waals surface area contributed by atoms with Gasteiger partial charge in [-0.3, -0.25) is 9.69 Å². The van der Waals surface area contributed by atoms with Crippen LogP contribution in [0, 0.1) is 5.92 Å². The molecule has 1 N–H and O–H groups in total. The largest absolute Gasteiger partial charge is 0.340 e. The Kier molecular flexibility index (Phi) is 6.40. The van der Waals surface area contributed by atoms with Crippen LogP contribution in [0.2, 0.25) is 5.02 Å². The van der Waals surface area contributed by atoms with Gasteiger partial charge in [0.15, 0.2) is 0 Å². The second kappa shape index (κ2) is 8.57. The van der Waals surface area contributed by atoms with Gasteiger partial charge in [0.1, 0.15) is 5.65 Å². The Morgan fingerprint density at radius 3 is 2.62 bits per heavy atom. The molecule has 2 fully saturated rings. The molecule has 0 radical (unpaired) electrons. The number of fused-ring (bicyclic) bond motifs is 1. The summed E-state index contributed by atoms with van der Waals surface area (Å²) in [4.78, 5) is 21.7. The van der Waals surface area contributed by atoms with Gasteiger partial charge in [0.05, 0.1) is 10.7 Å². The van der Waals surface area contributed by atoms with Crippen LogP contribution < -0.4 is 5.32 Å². The molecule has 2 aromatic rings. The van der Waals surface area contributed by atoms with Gasteiger partial charge >= 0.3 is 0 Å². The number of carbonyl (C=O) groups excluding carboxylic acids is 1. The molecular formula is C18H25Cl2N5O. The number of imidazole rings is 1. The molecule has 0 aromatic carbocycles. The molecule has 2 aliphatic rings. The summed E-state index contributed by atoms with van der Waals surface area (Å²) in [5.74, 6) is 0.569. The zero-order valence-electron chi connectivity index (χ0n) is 14.7. The molecule has 0 bridgehead atoms. The van der Waals surface area contributed by atoms with Crippen molar-refractivity contribution in [2.24, 2.45) is 5.92 Å². The monoisotopic (exact) mass is 397 g/mol. The molecule has 6 nitrogen and oxygen atoms in total. The predicted molar refractivity (Wildman–Crippen MR) is 105 cm³/mol. The summed E-state index contributed by atoms with van der Waals surface area (Å²) in [6, 6.07) is 3.79. The molecule has 1 amide bonds. The molecule has 2 saturated heterocycles. The lowest BCUT2D eigenvalue weighted by Gasteiger charge is -2.37. The van der Waals surface area contributed by atoms with Crippen molar-refractivity contribution in [1.29, 1.82) is 0 Å². The normalized spacial score (nSPS) is 19.5. The van der Waals surface area contributed by atoms with Gasteiger partial charge in [0.2, 0.25) is 5.91 Å². The third-order valence-electron chi connectivity index (χ3n) is 5.22. The highest BCUT2D eigenvalue weighted by atomic mass is 35.5. The van der Waals surface area contributed by atoms with E-state index in [-0.39, 0.29) is 18.3 Å². The van der Waals surface area contributed by atoms with Crippen molar-refractivity contribution in [2.75, 3.05) is 39.3 Å².